The number of aromatic nitrogens is 2. The van der Waals surface area contributed by atoms with Crippen LogP contribution in [0.1, 0.15) is 22.3 Å². The van der Waals surface area contributed by atoms with Crippen molar-refractivity contribution in [2.45, 2.75) is 5.41 Å². The Morgan fingerprint density at radius 2 is 0.718 bits per heavy atom. The van der Waals surface area contributed by atoms with E-state index in [0.29, 0.717) is 11.8 Å². The van der Waals surface area contributed by atoms with Crippen LogP contribution >= 0.6 is 0 Å². The molecular weight excluding hydrogens is 953 g/mol. The average molecular weight is 995 g/mol. The third-order valence-electron chi connectivity index (χ3n) is 16.6. The summed E-state index contributed by atoms with van der Waals surface area (Å²) in [5.41, 5.74) is 18.4. The van der Waals surface area contributed by atoms with E-state index >= 15 is 0 Å². The van der Waals surface area contributed by atoms with Crippen LogP contribution in [0.3, 0.4) is 0 Å². The molecule has 1 aliphatic carbocycles. The first-order valence-corrected chi connectivity index (χ1v) is 26.5. The van der Waals surface area contributed by atoms with E-state index in [-0.39, 0.29) is 0 Å². The van der Waals surface area contributed by atoms with Crippen molar-refractivity contribution in [3.63, 3.8) is 0 Å². The highest BCUT2D eigenvalue weighted by atomic mass is 16.5. The Labute approximate surface area is 447 Å². The molecule has 0 saturated heterocycles. The Bertz CT molecular complexity index is 4970. The van der Waals surface area contributed by atoms with Gasteiger partial charge in [0, 0.05) is 33.0 Å². The second-order valence-electron chi connectivity index (χ2n) is 20.7. The van der Waals surface area contributed by atoms with Crippen molar-refractivity contribution in [2.24, 2.45) is 0 Å². The van der Waals surface area contributed by atoms with E-state index in [0.717, 1.165) is 132 Å². The lowest BCUT2D eigenvalue weighted by atomic mass is 9.66. The summed E-state index contributed by atoms with van der Waals surface area (Å²) in [6.07, 6.45) is 0. The molecule has 0 atom stereocenters. The lowest BCUT2D eigenvalue weighted by Crippen LogP contribution is -2.32. The first-order valence-electron chi connectivity index (χ1n) is 26.5. The number of hydrogen-bond acceptors (Lipinski definition) is 5. The summed E-state index contributed by atoms with van der Waals surface area (Å²) in [4.78, 5) is 9.98. The quantitative estimate of drug-likeness (QED) is 0.161. The fraction of sp³-hybridized carbons (Fsp3) is 0.0137. The third kappa shape index (κ3) is 6.18. The minimum atomic E-state index is -0.625. The fourth-order valence-corrected chi connectivity index (χ4v) is 13.0. The minimum absolute atomic E-state index is 0.610. The van der Waals surface area contributed by atoms with Crippen LogP contribution < -0.4 is 4.74 Å². The molecular formula is C73H42N2O3. The molecule has 0 radical (unpaired) electrons. The van der Waals surface area contributed by atoms with Crippen molar-refractivity contribution >= 4 is 65.3 Å². The molecule has 2 aliphatic rings. The number of hydrogen-bond donors (Lipinski definition) is 0. The van der Waals surface area contributed by atoms with Gasteiger partial charge in [0.1, 0.15) is 22.5 Å². The zero-order valence-electron chi connectivity index (χ0n) is 41.9. The second-order valence-corrected chi connectivity index (χ2v) is 20.7. The Morgan fingerprint density at radius 1 is 0.282 bits per heavy atom. The van der Waals surface area contributed by atoms with Crippen LogP contribution in [0.15, 0.2) is 264 Å². The van der Waals surface area contributed by atoms with Gasteiger partial charge in [-0.3, -0.25) is 0 Å². The van der Waals surface area contributed by atoms with Crippen LogP contribution in [0.5, 0.6) is 11.5 Å². The molecule has 13 aromatic carbocycles. The first-order chi connectivity index (χ1) is 38.6. The van der Waals surface area contributed by atoms with E-state index < -0.39 is 5.41 Å². The highest BCUT2D eigenvalue weighted by Gasteiger charge is 2.51. The van der Waals surface area contributed by atoms with Crippen molar-refractivity contribution in [3.8, 4) is 78.9 Å². The Balaban J connectivity index is 0.908. The van der Waals surface area contributed by atoms with Crippen LogP contribution in [0, 0.1) is 0 Å². The van der Waals surface area contributed by atoms with E-state index in [2.05, 4.69) is 194 Å². The van der Waals surface area contributed by atoms with E-state index in [1.165, 1.54) is 22.3 Å². The first kappa shape index (κ1) is 42.9. The lowest BCUT2D eigenvalue weighted by molar-refractivity contribution is 0.436. The second kappa shape index (κ2) is 16.3. The number of nitrogens with zero attached hydrogens (tertiary/aromatic N) is 2. The number of rotatable bonds is 5. The molecule has 0 amide bonds. The number of ether oxygens (including phenoxy) is 1. The number of para-hydroxylation sites is 2. The van der Waals surface area contributed by atoms with E-state index in [4.69, 9.17) is 23.5 Å². The molecule has 5 nitrogen and oxygen atoms in total. The van der Waals surface area contributed by atoms with Crippen molar-refractivity contribution in [1.82, 2.24) is 9.97 Å². The van der Waals surface area contributed by atoms with Gasteiger partial charge in [0.05, 0.1) is 5.41 Å². The summed E-state index contributed by atoms with van der Waals surface area (Å²) in [7, 11) is 0. The van der Waals surface area contributed by atoms with Gasteiger partial charge < -0.3 is 13.6 Å². The fourth-order valence-electron chi connectivity index (χ4n) is 13.0. The average Bonchev–Trinajstić information content (AvgIpc) is 4.36. The minimum Gasteiger partial charge on any atom is -0.457 e. The molecule has 78 heavy (non-hydrogen) atoms. The van der Waals surface area contributed by atoms with Gasteiger partial charge in [0.2, 0.25) is 11.8 Å². The maximum absolute atomic E-state index is 6.75. The Kier molecular flexibility index (Phi) is 8.98. The molecule has 2 aromatic heterocycles. The normalized spacial score (nSPS) is 13.1. The monoisotopic (exact) mass is 994 g/mol. The zero-order chi connectivity index (χ0) is 51.1. The van der Waals surface area contributed by atoms with Crippen molar-refractivity contribution in [3.05, 3.63) is 277 Å². The van der Waals surface area contributed by atoms with E-state index in [9.17, 15) is 0 Å². The predicted octanol–water partition coefficient (Wildman–Crippen LogP) is 19.4. The lowest BCUT2D eigenvalue weighted by Gasteiger charge is -2.39. The summed E-state index contributed by atoms with van der Waals surface area (Å²) < 4.78 is 20.2. The molecule has 0 saturated carbocycles. The van der Waals surface area contributed by atoms with Gasteiger partial charge in [-0.25, -0.2) is 9.97 Å². The number of fused-ring (bicyclic) bond motifs is 19. The van der Waals surface area contributed by atoms with Crippen molar-refractivity contribution in [2.75, 3.05) is 0 Å². The highest BCUT2D eigenvalue weighted by Crippen LogP contribution is 2.62. The maximum Gasteiger partial charge on any atom is 0.227 e. The molecule has 5 heteroatoms. The number of benzene rings is 13. The van der Waals surface area contributed by atoms with Gasteiger partial charge >= 0.3 is 0 Å². The summed E-state index contributed by atoms with van der Waals surface area (Å²) in [5.74, 6) is 2.96. The van der Waals surface area contributed by atoms with Crippen molar-refractivity contribution < 1.29 is 13.6 Å². The molecule has 362 valence electrons. The smallest absolute Gasteiger partial charge is 0.227 e. The Hall–Kier alpha value is -10.4. The summed E-state index contributed by atoms with van der Waals surface area (Å²) in [6.45, 7) is 0. The maximum atomic E-state index is 6.75. The van der Waals surface area contributed by atoms with Crippen LogP contribution in [-0.4, -0.2) is 9.97 Å². The molecule has 1 spiro atoms. The highest BCUT2D eigenvalue weighted by molar-refractivity contribution is 6.20. The zero-order valence-corrected chi connectivity index (χ0v) is 41.9. The van der Waals surface area contributed by atoms with Crippen LogP contribution in [0.4, 0.5) is 0 Å². The third-order valence-corrected chi connectivity index (χ3v) is 16.6. The Morgan fingerprint density at radius 3 is 1.35 bits per heavy atom. The van der Waals surface area contributed by atoms with E-state index in [1.807, 2.05) is 60.7 Å². The molecule has 1 aliphatic heterocycles. The van der Waals surface area contributed by atoms with Gasteiger partial charge in [0.15, 0.2) is 11.2 Å². The molecule has 0 N–H and O–H groups in total. The number of oxazole rings is 2. The molecule has 3 heterocycles. The molecule has 17 rings (SSSR count). The molecule has 15 aromatic rings. The van der Waals surface area contributed by atoms with Gasteiger partial charge in [0.25, 0.3) is 0 Å². The van der Waals surface area contributed by atoms with Gasteiger partial charge in [-0.2, -0.15) is 0 Å². The van der Waals surface area contributed by atoms with Gasteiger partial charge in [-0.1, -0.05) is 182 Å². The topological polar surface area (TPSA) is 61.3 Å². The molecule has 0 bridgehead atoms. The van der Waals surface area contributed by atoms with Gasteiger partial charge in [-0.05, 0) is 161 Å². The van der Waals surface area contributed by atoms with E-state index in [1.54, 1.807) is 0 Å². The largest absolute Gasteiger partial charge is 0.457 e. The summed E-state index contributed by atoms with van der Waals surface area (Å²) in [5, 5.41) is 8.79. The molecule has 0 unspecified atom stereocenters. The van der Waals surface area contributed by atoms with Crippen molar-refractivity contribution in [1.29, 1.82) is 0 Å². The standard InChI is InChI=1S/C73H42N2O3/c1-3-13-47(14-4-1)71-74-63-37-33-45-27-23-43-25-29-49(40-57(43)67(45)69(63)77-71)50-31-35-53(51-30-26-44-24-28-46-34-38-64-70(68(46)58(44)41-51)78-72(75-64)48-15-5-2-6-16-48)56(39-50)52-32-36-55-54-17-7-8-18-59(54)73(62(55)42-52)60-19-9-11-21-65(60)76-66-22-12-10-20-61(66)73/h1-42H. The summed E-state index contributed by atoms with van der Waals surface area (Å²) in [6, 6.07) is 91.5. The SMILES string of the molecule is c1ccc(-c2nc3ccc4ccc5ccc(-c6ccc(-c7ccc8ccc9ccc%10nc(-c%11ccccc%11)oc%10c9c8c7)c(-c7ccc8c(c7)C7(c9ccccc9Oc9ccccc97)c7ccccc7-8)c6)cc5c4c3o2)cc1. The summed E-state index contributed by atoms with van der Waals surface area (Å²) >= 11 is 0. The molecule has 0 fully saturated rings. The van der Waals surface area contributed by atoms with Crippen LogP contribution in [0.2, 0.25) is 0 Å². The van der Waals surface area contributed by atoms with Crippen LogP contribution in [-0.2, 0) is 5.41 Å². The van der Waals surface area contributed by atoms with Gasteiger partial charge in [-0.15, -0.1) is 0 Å². The predicted molar refractivity (Wildman–Crippen MR) is 316 cm³/mol. The van der Waals surface area contributed by atoms with Crippen LogP contribution in [0.25, 0.3) is 133 Å².